The van der Waals surface area contributed by atoms with E-state index in [9.17, 15) is 14.4 Å². The number of aryl methyl sites for hydroxylation is 1. The largest absolute Gasteiger partial charge is 0.490 e. The van der Waals surface area contributed by atoms with E-state index in [1.54, 1.807) is 55.5 Å². The molecular formula is C26H20N2O5S. The van der Waals surface area contributed by atoms with Gasteiger partial charge in [0, 0.05) is 6.92 Å². The van der Waals surface area contributed by atoms with Crippen molar-refractivity contribution in [1.29, 1.82) is 0 Å². The lowest BCUT2D eigenvalue weighted by Gasteiger charge is -2.23. The summed E-state index contributed by atoms with van der Waals surface area (Å²) in [6.45, 7) is 7.16. The Labute approximate surface area is 198 Å². The highest BCUT2D eigenvalue weighted by Gasteiger charge is 2.45. The maximum atomic E-state index is 13.7. The summed E-state index contributed by atoms with van der Waals surface area (Å²) >= 11 is 1.12. The Kier molecular flexibility index (Phi) is 5.37. The van der Waals surface area contributed by atoms with Crippen molar-refractivity contribution in [2.45, 2.75) is 19.9 Å². The molecule has 3 heterocycles. The molecule has 0 spiro atoms. The van der Waals surface area contributed by atoms with Gasteiger partial charge < -0.3 is 9.15 Å². The van der Waals surface area contributed by atoms with Crippen LogP contribution in [0.3, 0.4) is 0 Å². The predicted molar refractivity (Wildman–Crippen MR) is 130 cm³/mol. The molecule has 34 heavy (non-hydrogen) atoms. The molecule has 0 aliphatic carbocycles. The van der Waals surface area contributed by atoms with Gasteiger partial charge in [-0.1, -0.05) is 48.3 Å². The second kappa shape index (κ2) is 8.39. The van der Waals surface area contributed by atoms with Crippen LogP contribution in [-0.2, 0) is 0 Å². The van der Waals surface area contributed by atoms with Crippen molar-refractivity contribution >= 4 is 39.1 Å². The Morgan fingerprint density at radius 3 is 2.76 bits per heavy atom. The Morgan fingerprint density at radius 1 is 1.24 bits per heavy atom. The third-order valence-electron chi connectivity index (χ3n) is 5.63. The monoisotopic (exact) mass is 472 g/mol. The molecule has 1 atom stereocenters. The molecule has 1 aliphatic rings. The lowest BCUT2D eigenvalue weighted by Crippen LogP contribution is -2.29. The number of para-hydroxylation sites is 1. The van der Waals surface area contributed by atoms with Crippen molar-refractivity contribution < 1.29 is 18.7 Å². The minimum atomic E-state index is -0.791. The highest BCUT2D eigenvalue weighted by molar-refractivity contribution is 7.17. The highest BCUT2D eigenvalue weighted by atomic mass is 32.1. The average Bonchev–Trinajstić information content (AvgIpc) is 3.35. The van der Waals surface area contributed by atoms with Gasteiger partial charge in [0.25, 0.3) is 5.91 Å². The van der Waals surface area contributed by atoms with Crippen LogP contribution in [0.15, 0.2) is 70.4 Å². The quantitative estimate of drug-likeness (QED) is 0.287. The minimum absolute atomic E-state index is 0.0247. The number of carbonyl (C=O) groups excluding carboxylic acids is 2. The normalized spacial score (nSPS) is 14.9. The number of aromatic nitrogens is 1. The van der Waals surface area contributed by atoms with Crippen LogP contribution >= 0.6 is 11.3 Å². The number of ketones is 1. The van der Waals surface area contributed by atoms with Crippen LogP contribution in [0.5, 0.6) is 5.75 Å². The summed E-state index contributed by atoms with van der Waals surface area (Å²) in [5, 5.41) is 0.713. The number of ether oxygens (including phenoxy) is 1. The molecule has 8 heteroatoms. The summed E-state index contributed by atoms with van der Waals surface area (Å²) in [7, 11) is 0. The van der Waals surface area contributed by atoms with E-state index in [1.807, 2.05) is 6.07 Å². The molecule has 0 fully saturated rings. The first-order chi connectivity index (χ1) is 16.4. The van der Waals surface area contributed by atoms with E-state index < -0.39 is 11.9 Å². The van der Waals surface area contributed by atoms with Gasteiger partial charge in [0.15, 0.2) is 16.3 Å². The number of thiazole rings is 1. The first kappa shape index (κ1) is 21.8. The number of rotatable bonds is 6. The van der Waals surface area contributed by atoms with Crippen LogP contribution in [0.2, 0.25) is 0 Å². The first-order valence-electron chi connectivity index (χ1n) is 10.6. The number of fused-ring (bicyclic) bond motifs is 2. The van der Waals surface area contributed by atoms with Crippen molar-refractivity contribution in [2.24, 2.45) is 0 Å². The summed E-state index contributed by atoms with van der Waals surface area (Å²) in [5.74, 6) is -0.0719. The number of hydrogen-bond acceptors (Lipinski definition) is 7. The molecule has 170 valence electrons. The van der Waals surface area contributed by atoms with E-state index >= 15 is 0 Å². The SMILES string of the molecule is C=CCOc1cccc([C@H]2c3c(oc4ccccc4c3=O)C(=O)N2c2nc(C)c(C(C)=O)s2)c1. The smallest absolute Gasteiger partial charge is 0.297 e. The van der Waals surface area contributed by atoms with Crippen LogP contribution in [-0.4, -0.2) is 23.3 Å². The van der Waals surface area contributed by atoms with Gasteiger partial charge in [-0.15, -0.1) is 0 Å². The second-order valence-electron chi connectivity index (χ2n) is 7.89. The molecule has 5 rings (SSSR count). The van der Waals surface area contributed by atoms with Crippen molar-refractivity contribution in [3.8, 4) is 5.75 Å². The van der Waals surface area contributed by atoms with Gasteiger partial charge in [0.2, 0.25) is 5.76 Å². The zero-order valence-electron chi connectivity index (χ0n) is 18.5. The van der Waals surface area contributed by atoms with E-state index in [0.29, 0.717) is 44.6 Å². The highest BCUT2D eigenvalue weighted by Crippen LogP contribution is 2.43. The zero-order chi connectivity index (χ0) is 24.0. The molecule has 2 aromatic heterocycles. The summed E-state index contributed by atoms with van der Waals surface area (Å²) in [6, 6.07) is 13.2. The zero-order valence-corrected chi connectivity index (χ0v) is 19.3. The van der Waals surface area contributed by atoms with Crippen molar-refractivity contribution in [3.63, 3.8) is 0 Å². The van der Waals surface area contributed by atoms with Gasteiger partial charge in [0.1, 0.15) is 17.9 Å². The van der Waals surface area contributed by atoms with Gasteiger partial charge in [0.05, 0.1) is 27.6 Å². The lowest BCUT2D eigenvalue weighted by atomic mass is 9.98. The fourth-order valence-corrected chi connectivity index (χ4v) is 5.16. The predicted octanol–water partition coefficient (Wildman–Crippen LogP) is 5.08. The number of carbonyl (C=O) groups is 2. The Morgan fingerprint density at radius 2 is 2.03 bits per heavy atom. The summed E-state index contributed by atoms with van der Waals surface area (Å²) in [6.07, 6.45) is 1.63. The summed E-state index contributed by atoms with van der Waals surface area (Å²) in [5.41, 5.74) is 1.48. The standard InChI is InChI=1S/C26H20N2O5S/c1-4-12-32-17-9-7-8-16(13-17)21-20-22(30)18-10-5-6-11-19(18)33-23(20)25(31)28(21)26-27-14(2)24(34-26)15(3)29/h4-11,13,21H,1,12H2,2-3H3/t21-/m0/s1. The Bertz CT molecular complexity index is 1530. The van der Waals surface area contributed by atoms with Crippen molar-refractivity contribution in [1.82, 2.24) is 4.98 Å². The molecule has 2 aromatic carbocycles. The molecule has 0 saturated heterocycles. The molecular weight excluding hydrogens is 452 g/mol. The van der Waals surface area contributed by atoms with Crippen LogP contribution in [0.1, 0.15) is 50.0 Å². The van der Waals surface area contributed by atoms with Gasteiger partial charge in [-0.05, 0) is 36.8 Å². The van der Waals surface area contributed by atoms with Gasteiger partial charge in [-0.3, -0.25) is 19.3 Å². The number of nitrogens with zero attached hydrogens (tertiary/aromatic N) is 2. The molecule has 0 saturated carbocycles. The number of anilines is 1. The molecule has 4 aromatic rings. The lowest BCUT2D eigenvalue weighted by molar-refractivity contribution is 0.0969. The Hall–Kier alpha value is -4.04. The molecule has 0 bridgehead atoms. The van der Waals surface area contributed by atoms with Gasteiger partial charge in [-0.25, -0.2) is 4.98 Å². The molecule has 1 aliphatic heterocycles. The Balaban J connectivity index is 1.76. The van der Waals surface area contributed by atoms with E-state index in [1.165, 1.54) is 11.8 Å². The van der Waals surface area contributed by atoms with E-state index in [4.69, 9.17) is 9.15 Å². The van der Waals surface area contributed by atoms with Crippen LogP contribution in [0.4, 0.5) is 5.13 Å². The van der Waals surface area contributed by atoms with Crippen molar-refractivity contribution in [3.05, 3.63) is 98.9 Å². The maximum absolute atomic E-state index is 13.7. The number of benzene rings is 2. The van der Waals surface area contributed by atoms with E-state index in [-0.39, 0.29) is 22.5 Å². The molecule has 0 unspecified atom stereocenters. The molecule has 7 nitrogen and oxygen atoms in total. The molecule has 0 N–H and O–H groups in total. The number of hydrogen-bond donors (Lipinski definition) is 0. The maximum Gasteiger partial charge on any atom is 0.297 e. The summed E-state index contributed by atoms with van der Waals surface area (Å²) < 4.78 is 11.6. The number of amides is 1. The fraction of sp³-hybridized carbons (Fsp3) is 0.154. The average molecular weight is 473 g/mol. The van der Waals surface area contributed by atoms with Gasteiger partial charge in [-0.2, -0.15) is 0 Å². The summed E-state index contributed by atoms with van der Waals surface area (Å²) in [4.78, 5) is 45.7. The van der Waals surface area contributed by atoms with Gasteiger partial charge >= 0.3 is 0 Å². The molecule has 0 radical (unpaired) electrons. The van der Waals surface area contributed by atoms with Crippen LogP contribution in [0, 0.1) is 6.92 Å². The van der Waals surface area contributed by atoms with E-state index in [0.717, 1.165) is 11.3 Å². The first-order valence-corrected chi connectivity index (χ1v) is 11.4. The fourth-order valence-electron chi connectivity index (χ4n) is 4.17. The third-order valence-corrected chi connectivity index (χ3v) is 6.89. The van der Waals surface area contributed by atoms with E-state index in [2.05, 4.69) is 11.6 Å². The minimum Gasteiger partial charge on any atom is -0.490 e. The second-order valence-corrected chi connectivity index (χ2v) is 8.86. The third kappa shape index (κ3) is 3.43. The number of Topliss-reactive ketones (excluding diaryl/α,β-unsaturated/α-hetero) is 1. The van der Waals surface area contributed by atoms with Crippen LogP contribution < -0.4 is 15.1 Å². The molecule has 1 amide bonds. The van der Waals surface area contributed by atoms with Crippen LogP contribution in [0.25, 0.3) is 11.0 Å². The van der Waals surface area contributed by atoms with Crippen molar-refractivity contribution in [2.75, 3.05) is 11.5 Å². The topological polar surface area (TPSA) is 89.7 Å².